The molecule has 0 radical (unpaired) electrons. The summed E-state index contributed by atoms with van der Waals surface area (Å²) in [6, 6.07) is 9.72. The van der Waals surface area contributed by atoms with Gasteiger partial charge in [-0.3, -0.25) is 14.4 Å². The van der Waals surface area contributed by atoms with E-state index in [0.717, 1.165) is 17.2 Å². The lowest BCUT2D eigenvalue weighted by Gasteiger charge is -2.35. The fraction of sp³-hybridized carbons (Fsp3) is 0.346. The van der Waals surface area contributed by atoms with Gasteiger partial charge in [-0.1, -0.05) is 17.7 Å². The molecule has 188 valence electrons. The van der Waals surface area contributed by atoms with Gasteiger partial charge in [-0.05, 0) is 60.2 Å². The summed E-state index contributed by atoms with van der Waals surface area (Å²) in [7, 11) is 0. The number of benzene rings is 2. The minimum atomic E-state index is -0.645. The third kappa shape index (κ3) is 4.68. The molecule has 8 nitrogen and oxygen atoms in total. The minimum absolute atomic E-state index is 0.0962. The molecule has 10 heteroatoms. The number of pyridine rings is 1. The number of carbonyl (C=O) groups is 2. The number of hydrogen-bond donors (Lipinski definition) is 3. The number of anilines is 1. The second-order valence-electron chi connectivity index (χ2n) is 9.18. The van der Waals surface area contributed by atoms with Gasteiger partial charge in [0.2, 0.25) is 5.91 Å². The van der Waals surface area contributed by atoms with Gasteiger partial charge in [0.25, 0.3) is 11.5 Å². The number of rotatable bonds is 4. The summed E-state index contributed by atoms with van der Waals surface area (Å²) < 4.78 is 14.8. The van der Waals surface area contributed by atoms with E-state index >= 15 is 0 Å². The van der Waals surface area contributed by atoms with Crippen molar-refractivity contribution in [3.05, 3.63) is 74.4 Å². The van der Waals surface area contributed by atoms with Crippen LogP contribution in [0.5, 0.6) is 0 Å². The summed E-state index contributed by atoms with van der Waals surface area (Å²) in [4.78, 5) is 44.5. The molecule has 3 heterocycles. The average Bonchev–Trinajstić information content (AvgIpc) is 2.88. The monoisotopic (exact) mass is 511 g/mol. The van der Waals surface area contributed by atoms with Crippen LogP contribution in [-0.4, -0.2) is 65.9 Å². The van der Waals surface area contributed by atoms with Crippen molar-refractivity contribution in [1.82, 2.24) is 20.1 Å². The van der Waals surface area contributed by atoms with Gasteiger partial charge in [0.05, 0.1) is 23.7 Å². The molecular weight excluding hydrogens is 485 g/mol. The van der Waals surface area contributed by atoms with Crippen LogP contribution < -0.4 is 16.2 Å². The molecule has 2 aliphatic heterocycles. The standard InChI is InChI=1S/C26H27ClFN5O3/c1-15-19-3-2-18(27)10-16(19)4-7-33(15)24(34)14-30-22-11-17-12-23(26(36)32-8-5-29-6-9-32)31-25(35)20(17)13-21(22)28/h2-3,10-13,15,29-30H,4-9,14H2,1H3,(H,31,35)/t15-/m0/s1. The van der Waals surface area contributed by atoms with Crippen LogP contribution >= 0.6 is 11.6 Å². The van der Waals surface area contributed by atoms with Gasteiger partial charge in [-0.2, -0.15) is 0 Å². The first-order valence-electron chi connectivity index (χ1n) is 12.0. The Morgan fingerprint density at radius 2 is 1.92 bits per heavy atom. The van der Waals surface area contributed by atoms with Crippen LogP contribution in [0.3, 0.4) is 0 Å². The normalized spacial score (nSPS) is 17.7. The number of amides is 2. The SMILES string of the molecule is C[C@H]1c2ccc(Cl)cc2CCN1C(=O)CNc1cc2cc(C(=O)N3CCNCC3)[nH]c(=O)c2cc1F. The number of carbonyl (C=O) groups excluding carboxylic acids is 2. The van der Waals surface area contributed by atoms with Crippen molar-refractivity contribution < 1.29 is 14.0 Å². The number of piperazine rings is 1. The van der Waals surface area contributed by atoms with Gasteiger partial charge >= 0.3 is 0 Å². The van der Waals surface area contributed by atoms with E-state index in [1.54, 1.807) is 15.9 Å². The zero-order chi connectivity index (χ0) is 25.4. The third-order valence-electron chi connectivity index (χ3n) is 6.96. The quantitative estimate of drug-likeness (QED) is 0.500. The largest absolute Gasteiger partial charge is 0.374 e. The highest BCUT2D eigenvalue weighted by Crippen LogP contribution is 2.31. The number of H-pyrrole nitrogens is 1. The van der Waals surface area contributed by atoms with Crippen molar-refractivity contribution >= 4 is 39.9 Å². The molecule has 0 aliphatic carbocycles. The molecule has 1 atom stereocenters. The number of nitrogens with zero attached hydrogens (tertiary/aromatic N) is 2. The number of nitrogens with one attached hydrogen (secondary N) is 3. The van der Waals surface area contributed by atoms with Crippen molar-refractivity contribution in [3.8, 4) is 0 Å². The molecule has 0 bridgehead atoms. The van der Waals surface area contributed by atoms with Crippen LogP contribution in [0.4, 0.5) is 10.1 Å². The Morgan fingerprint density at radius 1 is 1.14 bits per heavy atom. The molecule has 1 fully saturated rings. The Balaban J connectivity index is 1.34. The molecule has 2 amide bonds. The van der Waals surface area contributed by atoms with Crippen LogP contribution in [0.25, 0.3) is 10.8 Å². The second kappa shape index (κ2) is 9.91. The maximum absolute atomic E-state index is 14.8. The van der Waals surface area contributed by atoms with Crippen molar-refractivity contribution in [1.29, 1.82) is 0 Å². The molecule has 0 unspecified atom stereocenters. The van der Waals surface area contributed by atoms with Gasteiger partial charge in [0.15, 0.2) is 0 Å². The first kappa shape index (κ1) is 24.3. The Kier molecular flexibility index (Phi) is 6.68. The van der Waals surface area contributed by atoms with Gasteiger partial charge in [-0.25, -0.2) is 4.39 Å². The maximum Gasteiger partial charge on any atom is 0.270 e. The highest BCUT2D eigenvalue weighted by atomic mass is 35.5. The summed E-state index contributed by atoms with van der Waals surface area (Å²) in [5.74, 6) is -1.08. The van der Waals surface area contributed by atoms with E-state index in [4.69, 9.17) is 11.6 Å². The van der Waals surface area contributed by atoms with Crippen LogP contribution in [0.2, 0.25) is 5.02 Å². The zero-order valence-corrected chi connectivity index (χ0v) is 20.6. The molecule has 0 spiro atoms. The van der Waals surface area contributed by atoms with Crippen LogP contribution in [0.15, 0.2) is 41.2 Å². The molecule has 2 aromatic carbocycles. The average molecular weight is 512 g/mol. The fourth-order valence-electron chi connectivity index (χ4n) is 4.99. The highest BCUT2D eigenvalue weighted by Gasteiger charge is 2.27. The smallest absolute Gasteiger partial charge is 0.270 e. The summed E-state index contributed by atoms with van der Waals surface area (Å²) >= 11 is 6.10. The number of aromatic amines is 1. The van der Waals surface area contributed by atoms with Crippen molar-refractivity contribution in [2.24, 2.45) is 0 Å². The first-order chi connectivity index (χ1) is 17.3. The lowest BCUT2D eigenvalue weighted by atomic mass is 9.93. The van der Waals surface area contributed by atoms with Gasteiger partial charge in [0.1, 0.15) is 11.5 Å². The summed E-state index contributed by atoms with van der Waals surface area (Å²) in [6.07, 6.45) is 0.697. The Morgan fingerprint density at radius 3 is 2.69 bits per heavy atom. The van der Waals surface area contributed by atoms with Gasteiger partial charge < -0.3 is 25.4 Å². The fourth-order valence-corrected chi connectivity index (χ4v) is 5.18. The number of halogens is 2. The van der Waals surface area contributed by atoms with E-state index in [-0.39, 0.29) is 41.2 Å². The summed E-state index contributed by atoms with van der Waals surface area (Å²) in [6.45, 7) is 4.86. The van der Waals surface area contributed by atoms with E-state index in [1.807, 2.05) is 25.1 Å². The number of hydrogen-bond acceptors (Lipinski definition) is 5. The van der Waals surface area contributed by atoms with Crippen LogP contribution in [0.1, 0.15) is 34.6 Å². The van der Waals surface area contributed by atoms with Crippen molar-refractivity contribution in [3.63, 3.8) is 0 Å². The van der Waals surface area contributed by atoms with Crippen molar-refractivity contribution in [2.45, 2.75) is 19.4 Å². The molecule has 0 saturated carbocycles. The van der Waals surface area contributed by atoms with Gasteiger partial charge in [0, 0.05) is 37.7 Å². The minimum Gasteiger partial charge on any atom is -0.374 e. The Bertz CT molecular complexity index is 1400. The highest BCUT2D eigenvalue weighted by molar-refractivity contribution is 6.30. The van der Waals surface area contributed by atoms with E-state index in [1.165, 1.54) is 6.07 Å². The number of fused-ring (bicyclic) bond motifs is 2. The third-order valence-corrected chi connectivity index (χ3v) is 7.20. The van der Waals surface area contributed by atoms with E-state index in [0.29, 0.717) is 49.6 Å². The van der Waals surface area contributed by atoms with E-state index in [2.05, 4.69) is 15.6 Å². The summed E-state index contributed by atoms with van der Waals surface area (Å²) in [5, 5.41) is 7.30. The first-order valence-corrected chi connectivity index (χ1v) is 12.4. The molecule has 36 heavy (non-hydrogen) atoms. The molecular formula is C26H27ClFN5O3. The predicted octanol–water partition coefficient (Wildman–Crippen LogP) is 2.92. The number of aromatic nitrogens is 1. The van der Waals surface area contributed by atoms with Crippen molar-refractivity contribution in [2.75, 3.05) is 44.6 Å². The van der Waals surface area contributed by atoms with Crippen LogP contribution in [0, 0.1) is 5.82 Å². The second-order valence-corrected chi connectivity index (χ2v) is 9.62. The van der Waals surface area contributed by atoms with E-state index in [9.17, 15) is 18.8 Å². The van der Waals surface area contributed by atoms with E-state index < -0.39 is 11.4 Å². The van der Waals surface area contributed by atoms with Gasteiger partial charge in [-0.15, -0.1) is 0 Å². The molecule has 3 N–H and O–H groups in total. The Hall–Kier alpha value is -3.43. The zero-order valence-electron chi connectivity index (χ0n) is 19.9. The molecule has 5 rings (SSSR count). The molecule has 3 aromatic rings. The predicted molar refractivity (Wildman–Crippen MR) is 137 cm³/mol. The lowest BCUT2D eigenvalue weighted by molar-refractivity contribution is -0.131. The topological polar surface area (TPSA) is 97.5 Å². The summed E-state index contributed by atoms with van der Waals surface area (Å²) in [5.41, 5.74) is 1.90. The molecule has 2 aliphatic rings. The molecule has 1 aromatic heterocycles. The van der Waals surface area contributed by atoms with Crippen LogP contribution in [-0.2, 0) is 11.2 Å². The molecule has 1 saturated heterocycles. The lowest BCUT2D eigenvalue weighted by Crippen LogP contribution is -2.46. The Labute approximate surface area is 212 Å². The maximum atomic E-state index is 14.8.